The number of piperazine rings is 1. The van der Waals surface area contributed by atoms with Crippen LogP contribution in [0.2, 0.25) is 0 Å². The van der Waals surface area contributed by atoms with Crippen molar-refractivity contribution in [3.8, 4) is 0 Å². The number of amides is 2. The lowest BCUT2D eigenvalue weighted by molar-refractivity contribution is -0.127. The smallest absolute Gasteiger partial charge is 0.295 e. The van der Waals surface area contributed by atoms with Gasteiger partial charge in [-0.15, -0.1) is 0 Å². The van der Waals surface area contributed by atoms with E-state index in [1.165, 1.54) is 17.2 Å². The van der Waals surface area contributed by atoms with Crippen LogP contribution in [0.1, 0.15) is 31.2 Å². The number of hydrogen-bond donors (Lipinski definition) is 1. The van der Waals surface area contributed by atoms with E-state index >= 15 is 0 Å². The second kappa shape index (κ2) is 7.12. The van der Waals surface area contributed by atoms with Gasteiger partial charge in [-0.05, 0) is 18.2 Å². The lowest BCUT2D eigenvalue weighted by Gasteiger charge is -2.34. The summed E-state index contributed by atoms with van der Waals surface area (Å²) in [5.74, 6) is -1.37. The summed E-state index contributed by atoms with van der Waals surface area (Å²) in [6.45, 7) is 1.35. The van der Waals surface area contributed by atoms with Crippen molar-refractivity contribution in [2.75, 3.05) is 26.2 Å². The lowest BCUT2D eigenvalue weighted by Crippen LogP contribution is -2.52. The Morgan fingerprint density at radius 1 is 0.920 bits per heavy atom. The van der Waals surface area contributed by atoms with Crippen LogP contribution in [0.15, 0.2) is 42.6 Å². The molecule has 1 aliphatic rings. The molecule has 1 aromatic carbocycles. The van der Waals surface area contributed by atoms with Gasteiger partial charge in [0.15, 0.2) is 6.29 Å². The minimum absolute atomic E-state index is 0.0831. The number of hydrogen-bond acceptors (Lipinski definition) is 4. The Balaban J connectivity index is 1.60. The van der Waals surface area contributed by atoms with Crippen LogP contribution in [-0.4, -0.2) is 64.8 Å². The molecule has 128 valence electrons. The summed E-state index contributed by atoms with van der Waals surface area (Å²) < 4.78 is 0. The summed E-state index contributed by atoms with van der Waals surface area (Å²) >= 11 is 0. The third-order valence-electron chi connectivity index (χ3n) is 4.16. The molecule has 0 aliphatic carbocycles. The highest BCUT2D eigenvalue weighted by Gasteiger charge is 2.29. The molecule has 7 heteroatoms. The summed E-state index contributed by atoms with van der Waals surface area (Å²) in [5.41, 5.74) is 1.01. The highest BCUT2D eigenvalue weighted by Crippen LogP contribution is 2.11. The van der Waals surface area contributed by atoms with Gasteiger partial charge in [0.1, 0.15) is 0 Å². The van der Waals surface area contributed by atoms with E-state index in [4.69, 9.17) is 0 Å². The van der Waals surface area contributed by atoms with E-state index in [-0.39, 0.29) is 17.2 Å². The highest BCUT2D eigenvalue weighted by atomic mass is 16.2. The normalized spacial score (nSPS) is 14.2. The minimum Gasteiger partial charge on any atom is -0.358 e. The number of benzene rings is 1. The maximum absolute atomic E-state index is 12.4. The van der Waals surface area contributed by atoms with Gasteiger partial charge < -0.3 is 14.8 Å². The molecule has 3 rings (SSSR count). The zero-order valence-corrected chi connectivity index (χ0v) is 13.5. The minimum atomic E-state index is -0.660. The predicted molar refractivity (Wildman–Crippen MR) is 89.4 cm³/mol. The van der Waals surface area contributed by atoms with Crippen molar-refractivity contribution in [1.29, 1.82) is 0 Å². The molecule has 1 N–H and O–H groups in total. The van der Waals surface area contributed by atoms with Crippen molar-refractivity contribution in [3.63, 3.8) is 0 Å². The molecule has 0 unspecified atom stereocenters. The molecular weight excluding hydrogens is 322 g/mol. The Morgan fingerprint density at radius 2 is 1.56 bits per heavy atom. The third-order valence-corrected chi connectivity index (χ3v) is 4.16. The number of carbonyl (C=O) groups excluding carboxylic acids is 4. The highest BCUT2D eigenvalue weighted by molar-refractivity contribution is 6.42. The fourth-order valence-corrected chi connectivity index (χ4v) is 2.75. The molecule has 0 atom stereocenters. The molecule has 0 saturated carbocycles. The molecule has 1 aromatic heterocycles. The van der Waals surface area contributed by atoms with E-state index in [1.807, 2.05) is 6.07 Å². The van der Waals surface area contributed by atoms with E-state index < -0.39 is 11.7 Å². The summed E-state index contributed by atoms with van der Waals surface area (Å²) in [6, 6.07) is 10.3. The predicted octanol–water partition coefficient (Wildman–Crippen LogP) is 0.995. The van der Waals surface area contributed by atoms with Crippen LogP contribution in [0.5, 0.6) is 0 Å². The van der Waals surface area contributed by atoms with Crippen molar-refractivity contribution >= 4 is 23.9 Å². The Labute approximate surface area is 144 Å². The van der Waals surface area contributed by atoms with Crippen molar-refractivity contribution in [3.05, 3.63) is 59.4 Å². The molecule has 0 radical (unpaired) electrons. The maximum atomic E-state index is 12.4. The zero-order valence-electron chi connectivity index (χ0n) is 13.5. The van der Waals surface area contributed by atoms with Crippen molar-refractivity contribution in [2.24, 2.45) is 0 Å². The number of aromatic amines is 1. The molecular formula is C18H17N3O4. The summed E-state index contributed by atoms with van der Waals surface area (Å²) in [7, 11) is 0. The van der Waals surface area contributed by atoms with Crippen LogP contribution >= 0.6 is 0 Å². The Bertz CT molecular complexity index is 805. The number of nitrogens with one attached hydrogen (secondary N) is 1. The standard InChI is InChI=1S/C18H17N3O4/c22-12-15-10-14(11-19-15)16(23)18(25)21-8-6-20(7-9-21)17(24)13-4-2-1-3-5-13/h1-5,10-12,19H,6-9H2. The van der Waals surface area contributed by atoms with Gasteiger partial charge in [-0.3, -0.25) is 19.2 Å². The van der Waals surface area contributed by atoms with Gasteiger partial charge in [-0.2, -0.15) is 0 Å². The monoisotopic (exact) mass is 339 g/mol. The number of aldehydes is 1. The first kappa shape index (κ1) is 16.6. The summed E-state index contributed by atoms with van der Waals surface area (Å²) in [6.07, 6.45) is 1.92. The molecule has 25 heavy (non-hydrogen) atoms. The van der Waals surface area contributed by atoms with Gasteiger partial charge in [0, 0.05) is 43.5 Å². The number of nitrogens with zero attached hydrogens (tertiary/aromatic N) is 2. The van der Waals surface area contributed by atoms with Gasteiger partial charge in [-0.25, -0.2) is 0 Å². The molecule has 2 aromatic rings. The molecule has 7 nitrogen and oxygen atoms in total. The first-order chi connectivity index (χ1) is 12.1. The van der Waals surface area contributed by atoms with Crippen LogP contribution in [0.25, 0.3) is 0 Å². The van der Waals surface area contributed by atoms with Crippen LogP contribution in [0.3, 0.4) is 0 Å². The van der Waals surface area contributed by atoms with E-state index in [0.29, 0.717) is 38.0 Å². The van der Waals surface area contributed by atoms with Crippen molar-refractivity contribution in [1.82, 2.24) is 14.8 Å². The fraction of sp³-hybridized carbons (Fsp3) is 0.222. The molecule has 1 saturated heterocycles. The second-order valence-corrected chi connectivity index (χ2v) is 5.74. The second-order valence-electron chi connectivity index (χ2n) is 5.74. The Kier molecular flexibility index (Phi) is 4.74. The number of Topliss-reactive ketones (excluding diaryl/α,β-unsaturated/α-hetero) is 1. The van der Waals surface area contributed by atoms with Crippen LogP contribution in [-0.2, 0) is 4.79 Å². The van der Waals surface area contributed by atoms with E-state index in [0.717, 1.165) is 0 Å². The van der Waals surface area contributed by atoms with Crippen LogP contribution < -0.4 is 0 Å². The van der Waals surface area contributed by atoms with E-state index in [1.54, 1.807) is 29.2 Å². The van der Waals surface area contributed by atoms with Gasteiger partial charge >= 0.3 is 0 Å². The SMILES string of the molecule is O=Cc1cc(C(=O)C(=O)N2CCN(C(=O)c3ccccc3)CC2)c[nH]1. The first-order valence-electron chi connectivity index (χ1n) is 7.91. The van der Waals surface area contributed by atoms with Crippen molar-refractivity contribution in [2.45, 2.75) is 0 Å². The number of ketones is 1. The topological polar surface area (TPSA) is 90.6 Å². The van der Waals surface area contributed by atoms with E-state index in [9.17, 15) is 19.2 Å². The quantitative estimate of drug-likeness (QED) is 0.511. The number of rotatable bonds is 4. The Morgan fingerprint density at radius 3 is 2.16 bits per heavy atom. The maximum Gasteiger partial charge on any atom is 0.295 e. The number of aromatic nitrogens is 1. The van der Waals surface area contributed by atoms with Crippen LogP contribution in [0, 0.1) is 0 Å². The molecule has 1 aliphatic heterocycles. The Hall–Kier alpha value is -3.22. The van der Waals surface area contributed by atoms with Crippen LogP contribution in [0.4, 0.5) is 0 Å². The molecule has 1 fully saturated rings. The van der Waals surface area contributed by atoms with Crippen molar-refractivity contribution < 1.29 is 19.2 Å². The zero-order chi connectivity index (χ0) is 17.8. The summed E-state index contributed by atoms with van der Waals surface area (Å²) in [4.78, 5) is 53.3. The molecule has 0 bridgehead atoms. The third kappa shape index (κ3) is 3.50. The van der Waals surface area contributed by atoms with Gasteiger partial charge in [0.05, 0.1) is 5.69 Å². The van der Waals surface area contributed by atoms with E-state index in [2.05, 4.69) is 4.98 Å². The number of H-pyrrole nitrogens is 1. The fourth-order valence-electron chi connectivity index (χ4n) is 2.75. The average molecular weight is 339 g/mol. The van der Waals surface area contributed by atoms with Gasteiger partial charge in [-0.1, -0.05) is 18.2 Å². The molecule has 2 amide bonds. The molecule has 0 spiro atoms. The molecule has 2 heterocycles. The largest absolute Gasteiger partial charge is 0.358 e. The van der Waals surface area contributed by atoms with Gasteiger partial charge in [0.2, 0.25) is 0 Å². The summed E-state index contributed by atoms with van der Waals surface area (Å²) in [5, 5.41) is 0. The average Bonchev–Trinajstić information content (AvgIpc) is 3.16. The lowest BCUT2D eigenvalue weighted by atomic mass is 10.1. The first-order valence-corrected chi connectivity index (χ1v) is 7.91. The number of carbonyl (C=O) groups is 4. The van der Waals surface area contributed by atoms with Gasteiger partial charge in [0.25, 0.3) is 17.6 Å².